The van der Waals surface area contributed by atoms with Gasteiger partial charge >= 0.3 is 0 Å². The Morgan fingerprint density at radius 2 is 2.06 bits per heavy atom. The van der Waals surface area contributed by atoms with Crippen LogP contribution in [0, 0.1) is 12.7 Å². The van der Waals surface area contributed by atoms with E-state index in [1.165, 1.54) is 23.1 Å². The number of hydrogen-bond acceptors (Lipinski definition) is 2. The first-order chi connectivity index (χ1) is 8.59. The number of carbonyl (C=O) groups is 1. The standard InChI is InChI=1S/C14H13FN2O/c1-10-9-11(6-7-12(10)15)14(18)17(2)13-5-3-4-8-16-13/h3-9H,1-2H3. The lowest BCUT2D eigenvalue weighted by Gasteiger charge is -2.16. The van der Waals surface area contributed by atoms with E-state index in [0.717, 1.165) is 0 Å². The van der Waals surface area contributed by atoms with E-state index in [4.69, 9.17) is 0 Å². The average Bonchev–Trinajstić information content (AvgIpc) is 2.41. The summed E-state index contributed by atoms with van der Waals surface area (Å²) in [6.07, 6.45) is 1.62. The fourth-order valence-electron chi connectivity index (χ4n) is 1.63. The van der Waals surface area contributed by atoms with Gasteiger partial charge in [0.1, 0.15) is 11.6 Å². The fraction of sp³-hybridized carbons (Fsp3) is 0.143. The van der Waals surface area contributed by atoms with Gasteiger partial charge < -0.3 is 0 Å². The second kappa shape index (κ2) is 4.96. The molecule has 1 aromatic heterocycles. The molecule has 0 fully saturated rings. The molecule has 0 bridgehead atoms. The lowest BCUT2D eigenvalue weighted by Crippen LogP contribution is -2.27. The van der Waals surface area contributed by atoms with Crippen molar-refractivity contribution in [3.05, 3.63) is 59.5 Å². The first-order valence-electron chi connectivity index (χ1n) is 5.55. The van der Waals surface area contributed by atoms with Crippen LogP contribution in [0.5, 0.6) is 0 Å². The largest absolute Gasteiger partial charge is 0.296 e. The van der Waals surface area contributed by atoms with Crippen molar-refractivity contribution in [2.75, 3.05) is 11.9 Å². The summed E-state index contributed by atoms with van der Waals surface area (Å²) in [5, 5.41) is 0. The second-order valence-corrected chi connectivity index (χ2v) is 4.02. The van der Waals surface area contributed by atoms with E-state index in [0.29, 0.717) is 16.9 Å². The summed E-state index contributed by atoms with van der Waals surface area (Å²) < 4.78 is 13.1. The summed E-state index contributed by atoms with van der Waals surface area (Å²) in [5.41, 5.74) is 0.900. The van der Waals surface area contributed by atoms with Crippen molar-refractivity contribution in [1.29, 1.82) is 0 Å². The van der Waals surface area contributed by atoms with Gasteiger partial charge in [0.15, 0.2) is 0 Å². The molecule has 0 unspecified atom stereocenters. The van der Waals surface area contributed by atoms with Crippen LogP contribution in [0.3, 0.4) is 0 Å². The topological polar surface area (TPSA) is 33.2 Å². The normalized spacial score (nSPS) is 10.2. The van der Waals surface area contributed by atoms with E-state index >= 15 is 0 Å². The lowest BCUT2D eigenvalue weighted by atomic mass is 10.1. The SMILES string of the molecule is Cc1cc(C(=O)N(C)c2ccccn2)ccc1F. The molecule has 0 atom stereocenters. The number of aromatic nitrogens is 1. The Labute approximate surface area is 105 Å². The molecule has 0 spiro atoms. The fourth-order valence-corrected chi connectivity index (χ4v) is 1.63. The molecule has 2 rings (SSSR count). The molecule has 1 heterocycles. The molecule has 18 heavy (non-hydrogen) atoms. The third-order valence-electron chi connectivity index (χ3n) is 2.70. The first kappa shape index (κ1) is 12.2. The Morgan fingerprint density at radius 1 is 1.28 bits per heavy atom. The van der Waals surface area contributed by atoms with E-state index in [1.54, 1.807) is 32.3 Å². The van der Waals surface area contributed by atoms with Crippen LogP contribution < -0.4 is 4.90 Å². The highest BCUT2D eigenvalue weighted by atomic mass is 19.1. The Morgan fingerprint density at radius 3 is 2.67 bits per heavy atom. The van der Waals surface area contributed by atoms with E-state index in [9.17, 15) is 9.18 Å². The van der Waals surface area contributed by atoms with Crippen molar-refractivity contribution in [2.45, 2.75) is 6.92 Å². The van der Waals surface area contributed by atoms with Gasteiger partial charge in [0, 0.05) is 18.8 Å². The molecule has 0 saturated carbocycles. The summed E-state index contributed by atoms with van der Waals surface area (Å²) in [6, 6.07) is 9.65. The summed E-state index contributed by atoms with van der Waals surface area (Å²) in [4.78, 5) is 17.7. The van der Waals surface area contributed by atoms with Crippen molar-refractivity contribution < 1.29 is 9.18 Å². The maximum Gasteiger partial charge on any atom is 0.259 e. The van der Waals surface area contributed by atoms with E-state index < -0.39 is 0 Å². The molecular formula is C14H13FN2O. The number of aryl methyl sites for hydroxylation is 1. The van der Waals surface area contributed by atoms with Crippen LogP contribution in [0.25, 0.3) is 0 Å². The third-order valence-corrected chi connectivity index (χ3v) is 2.70. The lowest BCUT2D eigenvalue weighted by molar-refractivity contribution is 0.0992. The Hall–Kier alpha value is -2.23. The Balaban J connectivity index is 2.29. The average molecular weight is 244 g/mol. The van der Waals surface area contributed by atoms with Crippen LogP contribution in [-0.4, -0.2) is 17.9 Å². The third kappa shape index (κ3) is 2.37. The number of carbonyl (C=O) groups excluding carboxylic acids is 1. The number of anilines is 1. The van der Waals surface area contributed by atoms with Crippen molar-refractivity contribution >= 4 is 11.7 Å². The summed E-state index contributed by atoms with van der Waals surface area (Å²) in [6.45, 7) is 1.63. The minimum atomic E-state index is -0.313. The van der Waals surface area contributed by atoms with E-state index in [2.05, 4.69) is 4.98 Å². The summed E-state index contributed by atoms with van der Waals surface area (Å²) >= 11 is 0. The number of halogens is 1. The maximum absolute atomic E-state index is 13.1. The van der Waals surface area contributed by atoms with E-state index in [-0.39, 0.29) is 11.7 Å². The molecule has 0 radical (unpaired) electrons. The van der Waals surface area contributed by atoms with Crippen LogP contribution in [0.1, 0.15) is 15.9 Å². The quantitative estimate of drug-likeness (QED) is 0.813. The zero-order valence-electron chi connectivity index (χ0n) is 10.2. The molecule has 3 nitrogen and oxygen atoms in total. The second-order valence-electron chi connectivity index (χ2n) is 4.02. The highest BCUT2D eigenvalue weighted by Gasteiger charge is 2.14. The zero-order chi connectivity index (χ0) is 13.1. The van der Waals surface area contributed by atoms with Crippen LogP contribution in [0.15, 0.2) is 42.6 Å². The predicted molar refractivity (Wildman–Crippen MR) is 68.1 cm³/mol. The Bertz CT molecular complexity index is 569. The molecule has 0 saturated heterocycles. The van der Waals surface area contributed by atoms with Crippen LogP contribution in [0.2, 0.25) is 0 Å². The molecule has 1 aromatic carbocycles. The minimum absolute atomic E-state index is 0.211. The molecule has 0 N–H and O–H groups in total. The van der Waals surface area contributed by atoms with Crippen molar-refractivity contribution in [3.8, 4) is 0 Å². The molecule has 0 aliphatic rings. The zero-order valence-corrected chi connectivity index (χ0v) is 10.2. The highest BCUT2D eigenvalue weighted by Crippen LogP contribution is 2.14. The van der Waals surface area contributed by atoms with Gasteiger partial charge in [-0.15, -0.1) is 0 Å². The van der Waals surface area contributed by atoms with Crippen LogP contribution in [-0.2, 0) is 0 Å². The molecular weight excluding hydrogens is 231 g/mol. The molecule has 0 aliphatic carbocycles. The number of benzene rings is 1. The molecule has 1 amide bonds. The Kier molecular flexibility index (Phi) is 3.37. The number of amides is 1. The molecule has 92 valence electrons. The van der Waals surface area contributed by atoms with Crippen molar-refractivity contribution in [2.24, 2.45) is 0 Å². The monoisotopic (exact) mass is 244 g/mol. The number of nitrogens with zero attached hydrogens (tertiary/aromatic N) is 2. The summed E-state index contributed by atoms with van der Waals surface area (Å²) in [5.74, 6) is 0.0355. The van der Waals surface area contributed by atoms with Gasteiger partial charge in [-0.25, -0.2) is 9.37 Å². The van der Waals surface area contributed by atoms with Crippen molar-refractivity contribution in [3.63, 3.8) is 0 Å². The minimum Gasteiger partial charge on any atom is -0.296 e. The van der Waals surface area contributed by atoms with Gasteiger partial charge in [-0.2, -0.15) is 0 Å². The number of hydrogen-bond donors (Lipinski definition) is 0. The van der Waals surface area contributed by atoms with Gasteiger partial charge in [0.05, 0.1) is 0 Å². The van der Waals surface area contributed by atoms with Crippen LogP contribution >= 0.6 is 0 Å². The highest BCUT2D eigenvalue weighted by molar-refractivity contribution is 6.05. The maximum atomic E-state index is 13.1. The van der Waals surface area contributed by atoms with Gasteiger partial charge in [-0.3, -0.25) is 9.69 Å². The van der Waals surface area contributed by atoms with Gasteiger partial charge in [-0.1, -0.05) is 6.07 Å². The number of pyridine rings is 1. The van der Waals surface area contributed by atoms with Gasteiger partial charge in [-0.05, 0) is 42.8 Å². The van der Waals surface area contributed by atoms with Crippen LogP contribution in [0.4, 0.5) is 10.2 Å². The molecule has 2 aromatic rings. The van der Waals surface area contributed by atoms with E-state index in [1.807, 2.05) is 6.07 Å². The smallest absolute Gasteiger partial charge is 0.259 e. The molecule has 0 aliphatic heterocycles. The summed E-state index contributed by atoms with van der Waals surface area (Å²) in [7, 11) is 1.64. The number of rotatable bonds is 2. The molecule has 4 heteroatoms. The predicted octanol–water partition coefficient (Wildman–Crippen LogP) is 2.81. The van der Waals surface area contributed by atoms with Gasteiger partial charge in [0.2, 0.25) is 0 Å². The first-order valence-corrected chi connectivity index (χ1v) is 5.55. The van der Waals surface area contributed by atoms with Crippen molar-refractivity contribution in [1.82, 2.24) is 4.98 Å². The van der Waals surface area contributed by atoms with Gasteiger partial charge in [0.25, 0.3) is 5.91 Å².